The lowest BCUT2D eigenvalue weighted by atomic mass is 10.2. The Morgan fingerprint density at radius 1 is 1.14 bits per heavy atom. The smallest absolute Gasteiger partial charge is 0.253 e. The van der Waals surface area contributed by atoms with Gasteiger partial charge in [0.2, 0.25) is 10.0 Å². The van der Waals surface area contributed by atoms with Gasteiger partial charge in [0, 0.05) is 19.6 Å². The van der Waals surface area contributed by atoms with Crippen molar-refractivity contribution in [3.8, 4) is 5.75 Å². The molecule has 2 aromatic carbocycles. The predicted octanol–water partition coefficient (Wildman–Crippen LogP) is 3.84. The van der Waals surface area contributed by atoms with Gasteiger partial charge in [0.1, 0.15) is 5.75 Å². The Kier molecular flexibility index (Phi) is 7.16. The standard InChI is InChI=1S/C21H25ClN2O4S/c1-2-28-17-8-6-7-16(13-17)15-23-21(25)19-14-18(9-10-20(19)22)29(26,27)24-11-4-3-5-12-24/h6-10,13-14H,2-5,11-12,15H2,1H3,(H,23,25). The first kappa shape index (κ1) is 21.6. The summed E-state index contributed by atoms with van der Waals surface area (Å²) >= 11 is 6.19. The zero-order valence-electron chi connectivity index (χ0n) is 16.4. The number of nitrogens with zero attached hydrogens (tertiary/aromatic N) is 1. The SMILES string of the molecule is CCOc1cccc(CNC(=O)c2cc(S(=O)(=O)N3CCCCC3)ccc2Cl)c1. The van der Waals surface area contributed by atoms with Gasteiger partial charge in [-0.15, -0.1) is 0 Å². The van der Waals surface area contributed by atoms with Crippen LogP contribution in [0.5, 0.6) is 5.75 Å². The van der Waals surface area contributed by atoms with Crippen LogP contribution in [0.4, 0.5) is 0 Å². The molecule has 2 aromatic rings. The van der Waals surface area contributed by atoms with Gasteiger partial charge in [0.05, 0.1) is 22.1 Å². The molecule has 0 saturated carbocycles. The summed E-state index contributed by atoms with van der Waals surface area (Å²) in [6.45, 7) is 3.75. The van der Waals surface area contributed by atoms with Crippen LogP contribution in [-0.2, 0) is 16.6 Å². The molecule has 1 aliphatic rings. The van der Waals surface area contributed by atoms with E-state index in [4.69, 9.17) is 16.3 Å². The van der Waals surface area contributed by atoms with Crippen molar-refractivity contribution in [1.82, 2.24) is 9.62 Å². The van der Waals surface area contributed by atoms with Gasteiger partial charge in [-0.2, -0.15) is 4.31 Å². The van der Waals surface area contributed by atoms with Crippen LogP contribution in [0.25, 0.3) is 0 Å². The third-order valence-electron chi connectivity index (χ3n) is 4.80. The normalized spacial score (nSPS) is 15.1. The van der Waals surface area contributed by atoms with E-state index < -0.39 is 15.9 Å². The molecule has 29 heavy (non-hydrogen) atoms. The Bertz CT molecular complexity index is 972. The zero-order valence-corrected chi connectivity index (χ0v) is 17.9. The van der Waals surface area contributed by atoms with E-state index in [0.717, 1.165) is 30.6 Å². The molecule has 0 spiro atoms. The Morgan fingerprint density at radius 3 is 2.62 bits per heavy atom. The summed E-state index contributed by atoms with van der Waals surface area (Å²) in [6.07, 6.45) is 2.73. The molecule has 6 nitrogen and oxygen atoms in total. The van der Waals surface area contributed by atoms with E-state index >= 15 is 0 Å². The highest BCUT2D eigenvalue weighted by molar-refractivity contribution is 7.89. The molecule has 0 aliphatic carbocycles. The summed E-state index contributed by atoms with van der Waals surface area (Å²) in [5, 5.41) is 3.01. The highest BCUT2D eigenvalue weighted by Crippen LogP contribution is 2.25. The molecule has 0 unspecified atom stereocenters. The van der Waals surface area contributed by atoms with Crippen LogP contribution in [0.1, 0.15) is 42.1 Å². The second-order valence-corrected chi connectivity index (χ2v) is 9.21. The lowest BCUT2D eigenvalue weighted by Crippen LogP contribution is -2.35. The molecule has 0 atom stereocenters. The van der Waals surface area contributed by atoms with Crippen LogP contribution < -0.4 is 10.1 Å². The Balaban J connectivity index is 1.75. The number of amides is 1. The average molecular weight is 437 g/mol. The van der Waals surface area contributed by atoms with Gasteiger partial charge < -0.3 is 10.1 Å². The van der Waals surface area contributed by atoms with E-state index in [1.165, 1.54) is 22.5 Å². The van der Waals surface area contributed by atoms with Crippen molar-refractivity contribution in [1.29, 1.82) is 0 Å². The van der Waals surface area contributed by atoms with Crippen LogP contribution >= 0.6 is 11.6 Å². The minimum Gasteiger partial charge on any atom is -0.494 e. The molecular weight excluding hydrogens is 412 g/mol. The molecule has 0 radical (unpaired) electrons. The fourth-order valence-corrected chi connectivity index (χ4v) is 5.03. The number of carbonyl (C=O) groups is 1. The Morgan fingerprint density at radius 2 is 1.90 bits per heavy atom. The van der Waals surface area contributed by atoms with E-state index in [1.807, 2.05) is 31.2 Å². The van der Waals surface area contributed by atoms with Crippen molar-refractivity contribution in [2.75, 3.05) is 19.7 Å². The third kappa shape index (κ3) is 5.29. The maximum atomic E-state index is 12.9. The van der Waals surface area contributed by atoms with Gasteiger partial charge in [-0.05, 0) is 55.7 Å². The largest absolute Gasteiger partial charge is 0.494 e. The molecule has 1 fully saturated rings. The molecule has 0 bridgehead atoms. The first-order valence-electron chi connectivity index (χ1n) is 9.71. The molecule has 1 N–H and O–H groups in total. The van der Waals surface area contributed by atoms with E-state index in [2.05, 4.69) is 5.32 Å². The third-order valence-corrected chi connectivity index (χ3v) is 7.02. The zero-order chi connectivity index (χ0) is 20.9. The summed E-state index contributed by atoms with van der Waals surface area (Å²) in [6, 6.07) is 11.7. The van der Waals surface area contributed by atoms with Crippen LogP contribution in [0, 0.1) is 0 Å². The lowest BCUT2D eigenvalue weighted by Gasteiger charge is -2.26. The summed E-state index contributed by atoms with van der Waals surface area (Å²) in [5.74, 6) is 0.305. The molecular formula is C21H25ClN2O4S. The molecule has 1 heterocycles. The van der Waals surface area contributed by atoms with Crippen LogP contribution in [0.3, 0.4) is 0 Å². The molecule has 0 aromatic heterocycles. The van der Waals surface area contributed by atoms with Gasteiger partial charge in [0.25, 0.3) is 5.91 Å². The summed E-state index contributed by atoms with van der Waals surface area (Å²) < 4.78 is 32.7. The lowest BCUT2D eigenvalue weighted by molar-refractivity contribution is 0.0950. The predicted molar refractivity (Wildman–Crippen MR) is 113 cm³/mol. The summed E-state index contributed by atoms with van der Waals surface area (Å²) in [7, 11) is -3.64. The highest BCUT2D eigenvalue weighted by atomic mass is 35.5. The number of hydrogen-bond donors (Lipinski definition) is 1. The molecule has 1 saturated heterocycles. The average Bonchev–Trinajstić information content (AvgIpc) is 2.73. The second kappa shape index (κ2) is 9.61. The molecule has 1 aliphatic heterocycles. The fourth-order valence-electron chi connectivity index (χ4n) is 3.28. The van der Waals surface area contributed by atoms with Crippen molar-refractivity contribution in [3.63, 3.8) is 0 Å². The van der Waals surface area contributed by atoms with E-state index in [0.29, 0.717) is 19.7 Å². The minimum atomic E-state index is -3.64. The first-order chi connectivity index (χ1) is 13.9. The molecule has 1 amide bonds. The quantitative estimate of drug-likeness (QED) is 0.715. The summed E-state index contributed by atoms with van der Waals surface area (Å²) in [4.78, 5) is 12.8. The number of nitrogens with one attached hydrogen (secondary N) is 1. The molecule has 156 valence electrons. The number of piperidine rings is 1. The van der Waals surface area contributed by atoms with Gasteiger partial charge in [-0.25, -0.2) is 8.42 Å². The Labute approximate surface area is 176 Å². The minimum absolute atomic E-state index is 0.0901. The van der Waals surface area contributed by atoms with Crippen molar-refractivity contribution in [3.05, 3.63) is 58.6 Å². The second-order valence-electron chi connectivity index (χ2n) is 6.87. The highest BCUT2D eigenvalue weighted by Gasteiger charge is 2.27. The van der Waals surface area contributed by atoms with Crippen LogP contribution in [0.15, 0.2) is 47.4 Å². The van der Waals surface area contributed by atoms with Gasteiger partial charge in [-0.3, -0.25) is 4.79 Å². The van der Waals surface area contributed by atoms with Gasteiger partial charge >= 0.3 is 0 Å². The maximum Gasteiger partial charge on any atom is 0.253 e. The number of sulfonamides is 1. The molecule has 8 heteroatoms. The summed E-state index contributed by atoms with van der Waals surface area (Å²) in [5.41, 5.74) is 1.02. The van der Waals surface area contributed by atoms with Gasteiger partial charge in [0.15, 0.2) is 0 Å². The number of benzene rings is 2. The maximum absolute atomic E-state index is 12.9. The topological polar surface area (TPSA) is 75.7 Å². The number of carbonyl (C=O) groups excluding carboxylic acids is 1. The Hall–Kier alpha value is -2.09. The van der Waals surface area contributed by atoms with Crippen LogP contribution in [-0.4, -0.2) is 38.3 Å². The number of rotatable bonds is 7. The van der Waals surface area contributed by atoms with E-state index in [9.17, 15) is 13.2 Å². The van der Waals surface area contributed by atoms with E-state index in [1.54, 1.807) is 0 Å². The van der Waals surface area contributed by atoms with Gasteiger partial charge in [-0.1, -0.05) is 30.2 Å². The van der Waals surface area contributed by atoms with E-state index in [-0.39, 0.29) is 22.0 Å². The van der Waals surface area contributed by atoms with Crippen molar-refractivity contribution in [2.24, 2.45) is 0 Å². The number of halogens is 1. The number of hydrogen-bond acceptors (Lipinski definition) is 4. The number of ether oxygens (including phenoxy) is 1. The fraction of sp³-hybridized carbons (Fsp3) is 0.381. The van der Waals surface area contributed by atoms with Crippen molar-refractivity contribution >= 4 is 27.5 Å². The monoisotopic (exact) mass is 436 g/mol. The molecule has 3 rings (SSSR count). The van der Waals surface area contributed by atoms with Crippen LogP contribution in [0.2, 0.25) is 5.02 Å². The van der Waals surface area contributed by atoms with Crippen molar-refractivity contribution in [2.45, 2.75) is 37.6 Å². The first-order valence-corrected chi connectivity index (χ1v) is 11.5. The van der Waals surface area contributed by atoms with Crippen molar-refractivity contribution < 1.29 is 17.9 Å².